The average molecular weight is 382 g/mol. The van der Waals surface area contributed by atoms with E-state index in [9.17, 15) is 4.79 Å². The molecule has 0 bridgehead atoms. The molecule has 0 aliphatic rings. The van der Waals surface area contributed by atoms with E-state index in [1.807, 2.05) is 24.3 Å². The van der Waals surface area contributed by atoms with E-state index in [1.165, 1.54) is 0 Å². The summed E-state index contributed by atoms with van der Waals surface area (Å²) in [6, 6.07) is 11.0. The van der Waals surface area contributed by atoms with Crippen LogP contribution in [-0.2, 0) is 0 Å². The van der Waals surface area contributed by atoms with Crippen molar-refractivity contribution in [2.75, 3.05) is 17.2 Å². The molecule has 1 amide bonds. The van der Waals surface area contributed by atoms with E-state index in [2.05, 4.69) is 50.3 Å². The Balaban J connectivity index is 2.02. The Hall–Kier alpha value is -1.70. The number of benzene rings is 1. The van der Waals surface area contributed by atoms with E-state index < -0.39 is 0 Å². The molecule has 6 heteroatoms. The standard InChI is InChI=1S/C14H15IN4O/c1-2-8-16-13-7-6-12(18-19-13)14(20)17-11-5-3-4-10(15)9-11/h3-7,9H,2,8H2,1H3,(H,16,19)(H,17,20). The van der Waals surface area contributed by atoms with Crippen molar-refractivity contribution in [3.8, 4) is 0 Å². The van der Waals surface area contributed by atoms with Gasteiger partial charge in [0, 0.05) is 15.8 Å². The zero-order chi connectivity index (χ0) is 14.4. The van der Waals surface area contributed by atoms with Crippen molar-refractivity contribution >= 4 is 40.0 Å². The lowest BCUT2D eigenvalue weighted by atomic mass is 10.3. The zero-order valence-corrected chi connectivity index (χ0v) is 13.2. The number of hydrogen-bond acceptors (Lipinski definition) is 4. The van der Waals surface area contributed by atoms with Crippen molar-refractivity contribution in [2.45, 2.75) is 13.3 Å². The van der Waals surface area contributed by atoms with Crippen molar-refractivity contribution < 1.29 is 4.79 Å². The molecule has 0 aliphatic carbocycles. The summed E-state index contributed by atoms with van der Waals surface area (Å²) in [5.74, 6) is 0.416. The molecule has 104 valence electrons. The normalized spacial score (nSPS) is 10.1. The van der Waals surface area contributed by atoms with Crippen molar-refractivity contribution in [2.24, 2.45) is 0 Å². The van der Waals surface area contributed by atoms with Crippen LogP contribution in [0, 0.1) is 3.57 Å². The van der Waals surface area contributed by atoms with Crippen LogP contribution in [0.1, 0.15) is 23.8 Å². The summed E-state index contributed by atoms with van der Waals surface area (Å²) in [4.78, 5) is 12.0. The molecular formula is C14H15IN4O. The van der Waals surface area contributed by atoms with E-state index in [0.29, 0.717) is 11.5 Å². The highest BCUT2D eigenvalue weighted by Crippen LogP contribution is 2.13. The summed E-state index contributed by atoms with van der Waals surface area (Å²) in [6.07, 6.45) is 1.01. The first-order valence-electron chi connectivity index (χ1n) is 6.33. The molecule has 1 aromatic carbocycles. The van der Waals surface area contributed by atoms with Crippen LogP contribution in [0.3, 0.4) is 0 Å². The summed E-state index contributed by atoms with van der Waals surface area (Å²) in [5, 5.41) is 13.8. The van der Waals surface area contributed by atoms with Gasteiger partial charge in [-0.15, -0.1) is 10.2 Å². The predicted octanol–water partition coefficient (Wildman–Crippen LogP) is 3.16. The molecule has 1 heterocycles. The second kappa shape index (κ2) is 7.18. The molecule has 20 heavy (non-hydrogen) atoms. The molecule has 1 aromatic heterocycles. The van der Waals surface area contributed by atoms with E-state index in [1.54, 1.807) is 12.1 Å². The molecule has 0 saturated heterocycles. The Morgan fingerprint density at radius 3 is 2.75 bits per heavy atom. The van der Waals surface area contributed by atoms with Crippen molar-refractivity contribution in [1.29, 1.82) is 0 Å². The molecule has 0 saturated carbocycles. The fraction of sp³-hybridized carbons (Fsp3) is 0.214. The number of halogens is 1. The second-order valence-corrected chi connectivity index (χ2v) is 5.44. The average Bonchev–Trinajstić information content (AvgIpc) is 2.45. The highest BCUT2D eigenvalue weighted by atomic mass is 127. The van der Waals surface area contributed by atoms with Gasteiger partial charge in [-0.2, -0.15) is 0 Å². The Kier molecular flexibility index (Phi) is 5.28. The number of hydrogen-bond donors (Lipinski definition) is 2. The van der Waals surface area contributed by atoms with Gasteiger partial charge in [0.1, 0.15) is 5.82 Å². The molecule has 0 fully saturated rings. The van der Waals surface area contributed by atoms with Gasteiger partial charge < -0.3 is 10.6 Å². The fourth-order valence-corrected chi connectivity index (χ4v) is 2.11. The summed E-state index contributed by atoms with van der Waals surface area (Å²) in [5.41, 5.74) is 1.04. The SMILES string of the molecule is CCCNc1ccc(C(=O)Nc2cccc(I)c2)nn1. The van der Waals surface area contributed by atoms with Crippen LogP contribution in [-0.4, -0.2) is 22.6 Å². The maximum absolute atomic E-state index is 12.0. The van der Waals surface area contributed by atoms with Crippen molar-refractivity contribution in [1.82, 2.24) is 10.2 Å². The van der Waals surface area contributed by atoms with E-state index >= 15 is 0 Å². The van der Waals surface area contributed by atoms with E-state index in [0.717, 1.165) is 22.2 Å². The predicted molar refractivity (Wildman–Crippen MR) is 87.9 cm³/mol. The molecule has 2 aromatic rings. The number of carbonyl (C=O) groups excluding carboxylic acids is 1. The molecule has 0 atom stereocenters. The lowest BCUT2D eigenvalue weighted by molar-refractivity contribution is 0.102. The van der Waals surface area contributed by atoms with Crippen LogP contribution in [0.5, 0.6) is 0 Å². The van der Waals surface area contributed by atoms with E-state index in [-0.39, 0.29) is 5.91 Å². The molecular weight excluding hydrogens is 367 g/mol. The number of amides is 1. The molecule has 0 spiro atoms. The summed E-state index contributed by atoms with van der Waals surface area (Å²) < 4.78 is 1.06. The van der Waals surface area contributed by atoms with Crippen molar-refractivity contribution in [3.63, 3.8) is 0 Å². The van der Waals surface area contributed by atoms with Crippen LogP contribution in [0.25, 0.3) is 0 Å². The molecule has 2 rings (SSSR count). The van der Waals surface area contributed by atoms with Gasteiger partial charge in [0.05, 0.1) is 0 Å². The largest absolute Gasteiger partial charge is 0.369 e. The Morgan fingerprint density at radius 2 is 2.10 bits per heavy atom. The Bertz CT molecular complexity index is 586. The van der Waals surface area contributed by atoms with Crippen LogP contribution >= 0.6 is 22.6 Å². The third kappa shape index (κ3) is 4.16. The lowest BCUT2D eigenvalue weighted by Gasteiger charge is -2.06. The minimum atomic E-state index is -0.262. The number of carbonyl (C=O) groups is 1. The van der Waals surface area contributed by atoms with Crippen LogP contribution in [0.4, 0.5) is 11.5 Å². The summed E-state index contributed by atoms with van der Waals surface area (Å²) >= 11 is 2.20. The van der Waals surface area contributed by atoms with E-state index in [4.69, 9.17) is 0 Å². The first-order valence-corrected chi connectivity index (χ1v) is 7.41. The number of anilines is 2. The number of rotatable bonds is 5. The number of nitrogens with zero attached hydrogens (tertiary/aromatic N) is 2. The van der Waals surface area contributed by atoms with Crippen LogP contribution < -0.4 is 10.6 Å². The van der Waals surface area contributed by atoms with Gasteiger partial charge >= 0.3 is 0 Å². The van der Waals surface area contributed by atoms with Gasteiger partial charge in [-0.05, 0) is 59.3 Å². The van der Waals surface area contributed by atoms with Gasteiger partial charge in [-0.3, -0.25) is 4.79 Å². The van der Waals surface area contributed by atoms with Crippen molar-refractivity contribution in [3.05, 3.63) is 45.7 Å². The zero-order valence-electron chi connectivity index (χ0n) is 11.1. The van der Waals surface area contributed by atoms with Gasteiger partial charge in [0.2, 0.25) is 0 Å². The topological polar surface area (TPSA) is 66.9 Å². The van der Waals surface area contributed by atoms with Gasteiger partial charge in [0.15, 0.2) is 5.69 Å². The minimum absolute atomic E-state index is 0.262. The smallest absolute Gasteiger partial charge is 0.276 e. The third-order valence-corrected chi connectivity index (χ3v) is 3.21. The van der Waals surface area contributed by atoms with Crippen LogP contribution in [0.2, 0.25) is 0 Å². The quantitative estimate of drug-likeness (QED) is 0.780. The fourth-order valence-electron chi connectivity index (χ4n) is 1.56. The second-order valence-electron chi connectivity index (χ2n) is 4.20. The lowest BCUT2D eigenvalue weighted by Crippen LogP contribution is -2.15. The highest BCUT2D eigenvalue weighted by Gasteiger charge is 2.08. The number of aromatic nitrogens is 2. The highest BCUT2D eigenvalue weighted by molar-refractivity contribution is 14.1. The van der Waals surface area contributed by atoms with Gasteiger partial charge in [0.25, 0.3) is 5.91 Å². The molecule has 5 nitrogen and oxygen atoms in total. The third-order valence-electron chi connectivity index (χ3n) is 2.54. The molecule has 0 unspecified atom stereocenters. The summed E-state index contributed by atoms with van der Waals surface area (Å²) in [6.45, 7) is 2.91. The maximum atomic E-state index is 12.0. The monoisotopic (exact) mass is 382 g/mol. The first-order chi connectivity index (χ1) is 9.69. The molecule has 0 aliphatic heterocycles. The summed E-state index contributed by atoms with van der Waals surface area (Å²) in [7, 11) is 0. The molecule has 2 N–H and O–H groups in total. The Morgan fingerprint density at radius 1 is 1.25 bits per heavy atom. The van der Waals surface area contributed by atoms with Gasteiger partial charge in [-0.25, -0.2) is 0 Å². The minimum Gasteiger partial charge on any atom is -0.369 e. The number of nitrogens with one attached hydrogen (secondary N) is 2. The maximum Gasteiger partial charge on any atom is 0.276 e. The Labute approximate surface area is 131 Å². The molecule has 0 radical (unpaired) electrons. The first kappa shape index (κ1) is 14.7. The van der Waals surface area contributed by atoms with Gasteiger partial charge in [-0.1, -0.05) is 13.0 Å². The van der Waals surface area contributed by atoms with Crippen LogP contribution in [0.15, 0.2) is 36.4 Å².